The lowest BCUT2D eigenvalue weighted by molar-refractivity contribution is -0.131. The molecule has 0 N–H and O–H groups in total. The van der Waals surface area contributed by atoms with Gasteiger partial charge in [-0.05, 0) is 34.2 Å². The van der Waals surface area contributed by atoms with Crippen molar-refractivity contribution in [2.24, 2.45) is 0 Å². The number of hydrogen-bond acceptors (Lipinski definition) is 5. The summed E-state index contributed by atoms with van der Waals surface area (Å²) >= 11 is 0. The number of amides is 1. The molecule has 0 atom stereocenters. The molecule has 140 valence electrons. The Bertz CT molecular complexity index is 751. The van der Waals surface area contributed by atoms with Gasteiger partial charge in [0.15, 0.2) is 0 Å². The summed E-state index contributed by atoms with van der Waals surface area (Å²) in [6.07, 6.45) is 1.86. The topological polar surface area (TPSA) is 62.5 Å². The minimum Gasteiger partial charge on any atom is -0.341 e. The number of aryl methyl sites for hydroxylation is 2. The smallest absolute Gasteiger partial charge is 0.227 e. The Hall–Kier alpha value is -2.21. The highest BCUT2D eigenvalue weighted by atomic mass is 16.5. The molecule has 1 aromatic carbocycles. The molecule has 1 aromatic heterocycles. The van der Waals surface area contributed by atoms with E-state index < -0.39 is 0 Å². The van der Waals surface area contributed by atoms with E-state index in [-0.39, 0.29) is 11.4 Å². The SMILES string of the molecule is Cc1ccc(-c2noc(CCC(=O)N3CCN(C)C(C)(C)CC3)n2)cc1. The number of likely N-dealkylation sites (N-methyl/N-ethyl adjacent to an activating group) is 1. The van der Waals surface area contributed by atoms with Crippen molar-refractivity contribution in [3.63, 3.8) is 0 Å². The molecule has 0 spiro atoms. The van der Waals surface area contributed by atoms with Gasteiger partial charge in [-0.25, -0.2) is 0 Å². The number of carbonyl (C=O) groups excluding carboxylic acids is 1. The average molecular weight is 356 g/mol. The number of benzene rings is 1. The zero-order valence-corrected chi connectivity index (χ0v) is 16.2. The maximum atomic E-state index is 12.6. The van der Waals surface area contributed by atoms with E-state index in [9.17, 15) is 4.79 Å². The van der Waals surface area contributed by atoms with Crippen LogP contribution in [-0.2, 0) is 11.2 Å². The summed E-state index contributed by atoms with van der Waals surface area (Å²) in [5.74, 6) is 1.25. The molecule has 1 aliphatic heterocycles. The molecule has 6 nitrogen and oxygen atoms in total. The second-order valence-electron chi connectivity index (χ2n) is 7.74. The van der Waals surface area contributed by atoms with Gasteiger partial charge in [0.25, 0.3) is 0 Å². The Labute approximate surface area is 155 Å². The van der Waals surface area contributed by atoms with Crippen molar-refractivity contribution in [2.45, 2.75) is 45.6 Å². The highest BCUT2D eigenvalue weighted by Gasteiger charge is 2.29. The minimum absolute atomic E-state index is 0.129. The summed E-state index contributed by atoms with van der Waals surface area (Å²) in [5.41, 5.74) is 2.24. The third-order valence-electron chi connectivity index (χ3n) is 5.42. The summed E-state index contributed by atoms with van der Waals surface area (Å²) in [7, 11) is 2.12. The van der Waals surface area contributed by atoms with Crippen molar-refractivity contribution in [3.05, 3.63) is 35.7 Å². The maximum absolute atomic E-state index is 12.6. The Morgan fingerprint density at radius 1 is 1.19 bits per heavy atom. The third kappa shape index (κ3) is 4.30. The Kier molecular flexibility index (Phi) is 5.41. The fraction of sp³-hybridized carbons (Fsp3) is 0.550. The predicted octanol–water partition coefficient (Wildman–Crippen LogP) is 2.92. The van der Waals surface area contributed by atoms with Crippen LogP contribution in [0, 0.1) is 6.92 Å². The Morgan fingerprint density at radius 2 is 1.92 bits per heavy atom. The van der Waals surface area contributed by atoms with Crippen molar-refractivity contribution in [1.82, 2.24) is 19.9 Å². The van der Waals surface area contributed by atoms with Crippen LogP contribution in [0.2, 0.25) is 0 Å². The lowest BCUT2D eigenvalue weighted by atomic mass is 9.99. The van der Waals surface area contributed by atoms with Gasteiger partial charge >= 0.3 is 0 Å². The molecule has 2 heterocycles. The molecule has 26 heavy (non-hydrogen) atoms. The van der Waals surface area contributed by atoms with Gasteiger partial charge < -0.3 is 9.42 Å². The van der Waals surface area contributed by atoms with Crippen LogP contribution >= 0.6 is 0 Å². The Balaban J connectivity index is 1.56. The Morgan fingerprint density at radius 3 is 2.65 bits per heavy atom. The molecule has 3 rings (SSSR count). The van der Waals surface area contributed by atoms with E-state index >= 15 is 0 Å². The van der Waals surface area contributed by atoms with E-state index in [1.54, 1.807) is 0 Å². The molecule has 0 aliphatic carbocycles. The molecule has 0 radical (unpaired) electrons. The second-order valence-corrected chi connectivity index (χ2v) is 7.74. The monoisotopic (exact) mass is 356 g/mol. The number of rotatable bonds is 4. The van der Waals surface area contributed by atoms with Crippen molar-refractivity contribution < 1.29 is 9.32 Å². The van der Waals surface area contributed by atoms with Crippen molar-refractivity contribution in [3.8, 4) is 11.4 Å². The van der Waals surface area contributed by atoms with Crippen LogP contribution in [-0.4, -0.2) is 58.1 Å². The van der Waals surface area contributed by atoms with E-state index in [2.05, 4.69) is 35.9 Å². The normalized spacial score (nSPS) is 17.9. The zero-order valence-electron chi connectivity index (χ0n) is 16.2. The first-order valence-electron chi connectivity index (χ1n) is 9.24. The first kappa shape index (κ1) is 18.6. The minimum atomic E-state index is 0.129. The van der Waals surface area contributed by atoms with Gasteiger partial charge in [0.2, 0.25) is 17.6 Å². The van der Waals surface area contributed by atoms with Gasteiger partial charge in [0.1, 0.15) is 0 Å². The molecule has 0 bridgehead atoms. The summed E-state index contributed by atoms with van der Waals surface area (Å²) in [6.45, 7) is 8.97. The van der Waals surface area contributed by atoms with Gasteiger partial charge in [0, 0.05) is 43.6 Å². The zero-order chi connectivity index (χ0) is 18.7. The highest BCUT2D eigenvalue weighted by Crippen LogP contribution is 2.21. The van der Waals surface area contributed by atoms with E-state index in [1.165, 1.54) is 5.56 Å². The first-order chi connectivity index (χ1) is 12.3. The van der Waals surface area contributed by atoms with E-state index in [1.807, 2.05) is 36.1 Å². The van der Waals surface area contributed by atoms with Gasteiger partial charge in [-0.1, -0.05) is 35.0 Å². The van der Waals surface area contributed by atoms with Crippen LogP contribution in [0.1, 0.15) is 38.1 Å². The fourth-order valence-electron chi connectivity index (χ4n) is 3.08. The van der Waals surface area contributed by atoms with Crippen molar-refractivity contribution >= 4 is 5.91 Å². The van der Waals surface area contributed by atoms with Crippen LogP contribution in [0.15, 0.2) is 28.8 Å². The third-order valence-corrected chi connectivity index (χ3v) is 5.42. The average Bonchev–Trinajstić information content (AvgIpc) is 3.03. The molecule has 0 unspecified atom stereocenters. The van der Waals surface area contributed by atoms with Crippen molar-refractivity contribution in [1.29, 1.82) is 0 Å². The number of aromatic nitrogens is 2. The molecular formula is C20H28N4O2. The van der Waals surface area contributed by atoms with Gasteiger partial charge in [-0.2, -0.15) is 4.98 Å². The largest absolute Gasteiger partial charge is 0.341 e. The lowest BCUT2D eigenvalue weighted by Crippen LogP contribution is -2.41. The summed E-state index contributed by atoms with van der Waals surface area (Å²) in [5, 5.41) is 4.03. The molecule has 1 amide bonds. The van der Waals surface area contributed by atoms with Gasteiger partial charge in [-0.15, -0.1) is 0 Å². The maximum Gasteiger partial charge on any atom is 0.227 e. The summed E-state index contributed by atoms with van der Waals surface area (Å²) < 4.78 is 5.32. The standard InChI is InChI=1S/C20H28N4O2/c1-15-5-7-16(8-6-15)19-21-17(26-22-19)9-10-18(25)24-12-11-20(2,3)23(4)13-14-24/h5-8H,9-14H2,1-4H3. The van der Waals surface area contributed by atoms with Crippen LogP contribution < -0.4 is 0 Å². The molecular weight excluding hydrogens is 328 g/mol. The number of carbonyl (C=O) groups is 1. The lowest BCUT2D eigenvalue weighted by Gasteiger charge is -2.32. The highest BCUT2D eigenvalue weighted by molar-refractivity contribution is 5.76. The second kappa shape index (κ2) is 7.58. The number of hydrogen-bond donors (Lipinski definition) is 0. The molecule has 1 saturated heterocycles. The molecule has 2 aromatic rings. The van der Waals surface area contributed by atoms with Gasteiger partial charge in [0.05, 0.1) is 0 Å². The van der Waals surface area contributed by atoms with Crippen LogP contribution in [0.5, 0.6) is 0 Å². The summed E-state index contributed by atoms with van der Waals surface area (Å²) in [4.78, 5) is 21.3. The summed E-state index contributed by atoms with van der Waals surface area (Å²) in [6, 6.07) is 7.99. The first-order valence-corrected chi connectivity index (χ1v) is 9.24. The van der Waals surface area contributed by atoms with Crippen LogP contribution in [0.4, 0.5) is 0 Å². The van der Waals surface area contributed by atoms with Crippen molar-refractivity contribution in [2.75, 3.05) is 26.7 Å². The van der Waals surface area contributed by atoms with E-state index in [0.29, 0.717) is 24.6 Å². The predicted molar refractivity (Wildman–Crippen MR) is 101 cm³/mol. The van der Waals surface area contributed by atoms with Gasteiger partial charge in [-0.3, -0.25) is 9.69 Å². The quantitative estimate of drug-likeness (QED) is 0.843. The molecule has 1 fully saturated rings. The fourth-order valence-corrected chi connectivity index (χ4v) is 3.08. The van der Waals surface area contributed by atoms with Crippen LogP contribution in [0.25, 0.3) is 11.4 Å². The molecule has 0 saturated carbocycles. The number of nitrogens with zero attached hydrogens (tertiary/aromatic N) is 4. The molecule has 1 aliphatic rings. The van der Waals surface area contributed by atoms with Crippen LogP contribution in [0.3, 0.4) is 0 Å². The van der Waals surface area contributed by atoms with E-state index in [0.717, 1.165) is 31.6 Å². The molecule has 6 heteroatoms. The van der Waals surface area contributed by atoms with E-state index in [4.69, 9.17) is 4.52 Å².